The van der Waals surface area contributed by atoms with E-state index in [1.807, 2.05) is 24.3 Å². The lowest BCUT2D eigenvalue weighted by Crippen LogP contribution is -2.25. The van der Waals surface area contributed by atoms with Crippen LogP contribution in [0.5, 0.6) is 0 Å². The van der Waals surface area contributed by atoms with Crippen molar-refractivity contribution in [1.82, 2.24) is 19.9 Å². The highest BCUT2D eigenvalue weighted by molar-refractivity contribution is 7.93. The lowest BCUT2D eigenvalue weighted by Gasteiger charge is -2.17. The van der Waals surface area contributed by atoms with Crippen LogP contribution >= 0.6 is 0 Å². The van der Waals surface area contributed by atoms with Gasteiger partial charge < -0.3 is 10.3 Å². The minimum absolute atomic E-state index is 0.216. The van der Waals surface area contributed by atoms with Crippen LogP contribution in [0.1, 0.15) is 12.0 Å². The summed E-state index contributed by atoms with van der Waals surface area (Å²) in [6.07, 6.45) is 3.70. The van der Waals surface area contributed by atoms with Crippen molar-refractivity contribution in [1.29, 1.82) is 0 Å². The van der Waals surface area contributed by atoms with Crippen LogP contribution in [0, 0.1) is 0 Å². The Morgan fingerprint density at radius 3 is 3.00 bits per heavy atom. The zero-order chi connectivity index (χ0) is 16.6. The Morgan fingerprint density at radius 1 is 1.25 bits per heavy atom. The zero-order valence-corrected chi connectivity index (χ0v) is 13.6. The zero-order valence-electron chi connectivity index (χ0n) is 12.8. The third-order valence-corrected chi connectivity index (χ3v) is 5.85. The normalized spacial score (nSPS) is 16.6. The minimum Gasteiger partial charge on any atom is -0.364 e. The van der Waals surface area contributed by atoms with Gasteiger partial charge in [0.05, 0.1) is 17.8 Å². The van der Waals surface area contributed by atoms with E-state index in [-0.39, 0.29) is 5.75 Å². The highest BCUT2D eigenvalue weighted by Gasteiger charge is 2.28. The lowest BCUT2D eigenvalue weighted by molar-refractivity contribution is 0.599. The quantitative estimate of drug-likeness (QED) is 0.743. The summed E-state index contributed by atoms with van der Waals surface area (Å²) in [5.74, 6) is 0.880. The van der Waals surface area contributed by atoms with E-state index in [2.05, 4.69) is 25.3 Å². The average Bonchev–Trinajstić information content (AvgIpc) is 3.19. The minimum atomic E-state index is -3.17. The number of H-pyrrole nitrogens is 1. The first kappa shape index (κ1) is 14.9. The van der Waals surface area contributed by atoms with Crippen LogP contribution in [-0.2, 0) is 16.6 Å². The number of sulfonamides is 1. The van der Waals surface area contributed by atoms with Gasteiger partial charge in [-0.25, -0.2) is 23.4 Å². The summed E-state index contributed by atoms with van der Waals surface area (Å²) in [5, 5.41) is 3.24. The second kappa shape index (κ2) is 5.75. The van der Waals surface area contributed by atoms with Gasteiger partial charge in [-0.2, -0.15) is 0 Å². The van der Waals surface area contributed by atoms with Gasteiger partial charge in [0.2, 0.25) is 10.0 Å². The maximum atomic E-state index is 12.1. The van der Waals surface area contributed by atoms with E-state index in [0.717, 1.165) is 11.1 Å². The summed E-state index contributed by atoms with van der Waals surface area (Å²) < 4.78 is 25.6. The molecule has 0 spiro atoms. The standard InChI is InChI=1S/C15H16N6O2S/c22-24(23)6-2-5-21(24)12-4-1-3-11(7-12)8-16-14-13-15(18-9-17-13)20-10-19-14/h1,3-4,7,9-10H,2,5-6,8H2,(H2,16,17,18,19,20). The monoisotopic (exact) mass is 344 g/mol. The van der Waals surface area contributed by atoms with Crippen molar-refractivity contribution >= 4 is 32.7 Å². The molecule has 124 valence electrons. The number of anilines is 2. The molecule has 2 N–H and O–H groups in total. The van der Waals surface area contributed by atoms with Gasteiger partial charge in [-0.1, -0.05) is 12.1 Å². The Balaban J connectivity index is 1.55. The Hall–Kier alpha value is -2.68. The predicted octanol–water partition coefficient (Wildman–Crippen LogP) is 1.50. The summed E-state index contributed by atoms with van der Waals surface area (Å²) in [6, 6.07) is 7.53. The molecule has 0 bridgehead atoms. The first-order valence-corrected chi connectivity index (χ1v) is 9.22. The number of nitrogens with one attached hydrogen (secondary N) is 2. The number of hydrogen-bond acceptors (Lipinski definition) is 6. The molecule has 0 aliphatic carbocycles. The van der Waals surface area contributed by atoms with E-state index in [9.17, 15) is 8.42 Å². The van der Waals surface area contributed by atoms with Crippen LogP contribution in [0.4, 0.5) is 11.5 Å². The first-order chi connectivity index (χ1) is 11.6. The Bertz CT molecular complexity index is 984. The molecule has 1 aromatic carbocycles. The Morgan fingerprint density at radius 2 is 2.17 bits per heavy atom. The number of fused-ring (bicyclic) bond motifs is 1. The number of imidazole rings is 1. The largest absolute Gasteiger partial charge is 0.364 e. The fourth-order valence-corrected chi connectivity index (χ4v) is 4.39. The topological polar surface area (TPSA) is 104 Å². The van der Waals surface area contributed by atoms with Crippen molar-refractivity contribution in [2.75, 3.05) is 21.9 Å². The molecule has 1 aliphatic rings. The maximum absolute atomic E-state index is 12.1. The molecule has 1 saturated heterocycles. The van der Waals surface area contributed by atoms with Crippen LogP contribution in [0.2, 0.25) is 0 Å². The molecule has 1 aliphatic heterocycles. The fourth-order valence-electron chi connectivity index (χ4n) is 2.84. The van der Waals surface area contributed by atoms with E-state index in [0.29, 0.717) is 36.7 Å². The molecule has 0 unspecified atom stereocenters. The highest BCUT2D eigenvalue weighted by atomic mass is 32.2. The van der Waals surface area contributed by atoms with Gasteiger partial charge in [-0.15, -0.1) is 0 Å². The van der Waals surface area contributed by atoms with E-state index in [1.165, 1.54) is 10.6 Å². The maximum Gasteiger partial charge on any atom is 0.235 e. The summed E-state index contributed by atoms with van der Waals surface area (Å²) in [4.78, 5) is 15.4. The van der Waals surface area contributed by atoms with E-state index in [4.69, 9.17) is 0 Å². The summed E-state index contributed by atoms with van der Waals surface area (Å²) in [6.45, 7) is 1.06. The van der Waals surface area contributed by atoms with Gasteiger partial charge >= 0.3 is 0 Å². The first-order valence-electron chi connectivity index (χ1n) is 7.61. The van der Waals surface area contributed by atoms with Gasteiger partial charge in [0.25, 0.3) is 0 Å². The van der Waals surface area contributed by atoms with Gasteiger partial charge in [0.1, 0.15) is 11.8 Å². The van der Waals surface area contributed by atoms with Crippen LogP contribution in [-0.4, -0.2) is 40.7 Å². The van der Waals surface area contributed by atoms with Crippen LogP contribution in [0.3, 0.4) is 0 Å². The van der Waals surface area contributed by atoms with E-state index in [1.54, 1.807) is 6.33 Å². The lowest BCUT2D eigenvalue weighted by atomic mass is 10.2. The van der Waals surface area contributed by atoms with E-state index < -0.39 is 10.0 Å². The molecule has 3 aromatic rings. The van der Waals surface area contributed by atoms with Crippen LogP contribution < -0.4 is 9.62 Å². The molecule has 2 aromatic heterocycles. The van der Waals surface area contributed by atoms with Gasteiger partial charge in [-0.3, -0.25) is 4.31 Å². The average molecular weight is 344 g/mol. The number of hydrogen-bond donors (Lipinski definition) is 2. The van der Waals surface area contributed by atoms with Crippen molar-refractivity contribution < 1.29 is 8.42 Å². The molecule has 0 atom stereocenters. The van der Waals surface area contributed by atoms with Gasteiger partial charge in [0.15, 0.2) is 11.5 Å². The Kier molecular flexibility index (Phi) is 3.57. The molecule has 24 heavy (non-hydrogen) atoms. The van der Waals surface area contributed by atoms with Crippen molar-refractivity contribution in [3.63, 3.8) is 0 Å². The molecule has 3 heterocycles. The van der Waals surface area contributed by atoms with Crippen molar-refractivity contribution in [2.24, 2.45) is 0 Å². The molecular formula is C15H16N6O2S. The molecule has 1 fully saturated rings. The van der Waals surface area contributed by atoms with Crippen LogP contribution in [0.15, 0.2) is 36.9 Å². The third kappa shape index (κ3) is 2.67. The molecule has 8 nitrogen and oxygen atoms in total. The fraction of sp³-hybridized carbons (Fsp3) is 0.267. The molecule has 4 rings (SSSR count). The SMILES string of the molecule is O=S1(=O)CCCN1c1cccc(CNc2ncnc3nc[nH]c23)c1. The smallest absolute Gasteiger partial charge is 0.235 e. The number of nitrogens with zero attached hydrogens (tertiary/aromatic N) is 4. The second-order valence-corrected chi connectivity index (χ2v) is 7.60. The van der Waals surface area contributed by atoms with Crippen molar-refractivity contribution in [3.8, 4) is 0 Å². The van der Waals surface area contributed by atoms with Gasteiger partial charge in [0, 0.05) is 13.1 Å². The number of benzene rings is 1. The third-order valence-electron chi connectivity index (χ3n) is 3.98. The summed E-state index contributed by atoms with van der Waals surface area (Å²) in [5.41, 5.74) is 3.03. The summed E-state index contributed by atoms with van der Waals surface area (Å²) >= 11 is 0. The van der Waals surface area contributed by atoms with E-state index >= 15 is 0 Å². The van der Waals surface area contributed by atoms with Crippen molar-refractivity contribution in [3.05, 3.63) is 42.5 Å². The number of aromatic nitrogens is 4. The van der Waals surface area contributed by atoms with Gasteiger partial charge in [-0.05, 0) is 24.1 Å². The molecule has 0 radical (unpaired) electrons. The van der Waals surface area contributed by atoms with Crippen molar-refractivity contribution in [2.45, 2.75) is 13.0 Å². The van der Waals surface area contributed by atoms with Crippen LogP contribution in [0.25, 0.3) is 11.2 Å². The number of aromatic amines is 1. The second-order valence-electron chi connectivity index (χ2n) is 5.59. The summed E-state index contributed by atoms with van der Waals surface area (Å²) in [7, 11) is -3.17. The highest BCUT2D eigenvalue weighted by Crippen LogP contribution is 2.25. The predicted molar refractivity (Wildman–Crippen MR) is 91.2 cm³/mol. The number of rotatable bonds is 4. The molecular weight excluding hydrogens is 328 g/mol. The Labute approximate surface area is 139 Å². The molecule has 0 amide bonds. The molecule has 9 heteroatoms. The molecule has 0 saturated carbocycles.